The highest BCUT2D eigenvalue weighted by molar-refractivity contribution is 7.94. The van der Waals surface area contributed by atoms with E-state index >= 15 is 0 Å². The first-order valence-corrected chi connectivity index (χ1v) is 11.0. The number of hydrogen-bond acceptors (Lipinski definition) is 7. The number of ether oxygens (including phenoxy) is 1. The number of hydrogen-bond donors (Lipinski definition) is 0. The fraction of sp³-hybridized carbons (Fsp3) is 0.294. The summed E-state index contributed by atoms with van der Waals surface area (Å²) in [6, 6.07) is 6.55. The Balaban J connectivity index is 1.76. The van der Waals surface area contributed by atoms with Gasteiger partial charge in [-0.2, -0.15) is 4.98 Å². The van der Waals surface area contributed by atoms with Gasteiger partial charge < -0.3 is 9.26 Å². The van der Waals surface area contributed by atoms with E-state index in [1.807, 2.05) is 6.92 Å². The third-order valence-electron chi connectivity index (χ3n) is 4.21. The molecule has 1 aromatic carbocycles. The van der Waals surface area contributed by atoms with E-state index < -0.39 is 10.0 Å². The highest BCUT2D eigenvalue weighted by atomic mass is 35.5. The average Bonchev–Trinajstić information content (AvgIpc) is 3.30. The zero-order valence-electron chi connectivity index (χ0n) is 14.5. The summed E-state index contributed by atoms with van der Waals surface area (Å²) >= 11 is 7.21. The Morgan fingerprint density at radius 2 is 2.19 bits per heavy atom. The lowest BCUT2D eigenvalue weighted by atomic mass is 10.2. The molecule has 0 fully saturated rings. The molecule has 0 saturated carbocycles. The number of anilines is 1. The van der Waals surface area contributed by atoms with Crippen LogP contribution in [0.25, 0.3) is 11.4 Å². The van der Waals surface area contributed by atoms with E-state index in [4.69, 9.17) is 20.9 Å². The molecular weight excluding hydrogens is 410 g/mol. The van der Waals surface area contributed by atoms with Crippen molar-refractivity contribution in [2.75, 3.05) is 10.8 Å². The van der Waals surface area contributed by atoms with Gasteiger partial charge in [0.05, 0.1) is 12.2 Å². The Morgan fingerprint density at radius 3 is 2.89 bits per heavy atom. The summed E-state index contributed by atoms with van der Waals surface area (Å²) in [5.74, 6) is 1.29. The third kappa shape index (κ3) is 3.30. The molecule has 1 aliphatic heterocycles. The Kier molecular flexibility index (Phi) is 4.61. The van der Waals surface area contributed by atoms with Crippen molar-refractivity contribution in [3.8, 4) is 17.1 Å². The lowest BCUT2D eigenvalue weighted by Gasteiger charge is -2.34. The number of sulfonamides is 1. The van der Waals surface area contributed by atoms with Crippen LogP contribution in [0.5, 0.6) is 5.75 Å². The molecule has 7 nitrogen and oxygen atoms in total. The van der Waals surface area contributed by atoms with Crippen molar-refractivity contribution in [3.63, 3.8) is 0 Å². The molecule has 10 heteroatoms. The zero-order valence-corrected chi connectivity index (χ0v) is 16.9. The van der Waals surface area contributed by atoms with Crippen molar-refractivity contribution in [3.05, 3.63) is 40.6 Å². The molecular formula is C17H16ClN3O4S2. The Bertz CT molecular complexity index is 1090. The van der Waals surface area contributed by atoms with E-state index in [0.29, 0.717) is 40.2 Å². The molecule has 2 aromatic heterocycles. The predicted molar refractivity (Wildman–Crippen MR) is 103 cm³/mol. The summed E-state index contributed by atoms with van der Waals surface area (Å²) in [6.45, 7) is 3.86. The molecule has 0 unspecified atom stereocenters. The van der Waals surface area contributed by atoms with Crippen molar-refractivity contribution >= 4 is 38.6 Å². The number of aryl methyl sites for hydroxylation is 1. The van der Waals surface area contributed by atoms with Gasteiger partial charge >= 0.3 is 0 Å². The minimum absolute atomic E-state index is 0.197. The van der Waals surface area contributed by atoms with Crippen molar-refractivity contribution < 1.29 is 17.7 Å². The number of benzene rings is 1. The van der Waals surface area contributed by atoms with E-state index in [-0.39, 0.29) is 16.9 Å². The Hall–Kier alpha value is -2.10. The van der Waals surface area contributed by atoms with Crippen LogP contribution in [0.1, 0.15) is 19.2 Å². The number of rotatable bonds is 4. The summed E-state index contributed by atoms with van der Waals surface area (Å²) in [4.78, 5) is 4.14. The first-order valence-electron chi connectivity index (χ1n) is 8.26. The first kappa shape index (κ1) is 18.3. The lowest BCUT2D eigenvalue weighted by molar-refractivity contribution is 0.196. The van der Waals surface area contributed by atoms with Gasteiger partial charge in [-0.1, -0.05) is 23.7 Å². The lowest BCUT2D eigenvalue weighted by Crippen LogP contribution is -2.43. The van der Waals surface area contributed by atoms with E-state index in [9.17, 15) is 8.42 Å². The quantitative estimate of drug-likeness (QED) is 0.624. The van der Waals surface area contributed by atoms with E-state index in [0.717, 1.165) is 11.3 Å². The molecule has 0 bridgehead atoms. The van der Waals surface area contributed by atoms with Gasteiger partial charge in [-0.25, -0.2) is 8.42 Å². The summed E-state index contributed by atoms with van der Waals surface area (Å²) in [5.41, 5.74) is 1.04. The van der Waals surface area contributed by atoms with Gasteiger partial charge in [0, 0.05) is 22.9 Å². The van der Waals surface area contributed by atoms with Crippen molar-refractivity contribution in [2.45, 2.75) is 30.6 Å². The number of fused-ring (bicyclic) bond motifs is 1. The maximum atomic E-state index is 13.3. The second-order valence-corrected chi connectivity index (χ2v) is 9.52. The van der Waals surface area contributed by atoms with Gasteiger partial charge in [-0.05, 0) is 30.7 Å². The molecule has 142 valence electrons. The summed E-state index contributed by atoms with van der Waals surface area (Å²) in [6.07, 6.45) is 0.457. The number of thiophene rings is 1. The second kappa shape index (κ2) is 6.81. The summed E-state index contributed by atoms with van der Waals surface area (Å²) in [7, 11) is -3.79. The van der Waals surface area contributed by atoms with Crippen LogP contribution < -0.4 is 9.04 Å². The van der Waals surface area contributed by atoms with Gasteiger partial charge in [-0.15, -0.1) is 11.3 Å². The fourth-order valence-corrected chi connectivity index (χ4v) is 5.76. The highest BCUT2D eigenvalue weighted by Gasteiger charge is 2.35. The van der Waals surface area contributed by atoms with Crippen LogP contribution in [-0.2, 0) is 10.0 Å². The molecule has 0 radical (unpaired) electrons. The molecule has 0 N–H and O–H groups in total. The maximum Gasteiger partial charge on any atom is 0.274 e. The molecule has 0 spiro atoms. The minimum Gasteiger partial charge on any atom is -0.486 e. The fourth-order valence-electron chi connectivity index (χ4n) is 2.82. The molecule has 1 aliphatic rings. The van der Waals surface area contributed by atoms with Crippen LogP contribution in [0.2, 0.25) is 5.02 Å². The summed E-state index contributed by atoms with van der Waals surface area (Å²) in [5, 5.41) is 5.99. The van der Waals surface area contributed by atoms with Crippen molar-refractivity contribution in [2.24, 2.45) is 0 Å². The average molecular weight is 426 g/mol. The maximum absolute atomic E-state index is 13.3. The topological polar surface area (TPSA) is 85.5 Å². The molecule has 0 saturated heterocycles. The number of halogens is 1. The van der Waals surface area contributed by atoms with E-state index in [1.54, 1.807) is 36.6 Å². The van der Waals surface area contributed by atoms with Crippen LogP contribution in [0, 0.1) is 6.92 Å². The van der Waals surface area contributed by atoms with Crippen LogP contribution >= 0.6 is 22.9 Å². The van der Waals surface area contributed by atoms with Gasteiger partial charge in [0.15, 0.2) is 0 Å². The van der Waals surface area contributed by atoms with Gasteiger partial charge in [0.1, 0.15) is 16.1 Å². The van der Waals surface area contributed by atoms with Gasteiger partial charge in [0.2, 0.25) is 11.7 Å². The highest BCUT2D eigenvalue weighted by Crippen LogP contribution is 2.40. The monoisotopic (exact) mass is 425 g/mol. The van der Waals surface area contributed by atoms with Crippen molar-refractivity contribution in [1.29, 1.82) is 0 Å². The standard InChI is InChI=1S/C17H16ClN3O4S2/c1-3-13-8-21(14-7-12(18)4-5-15(14)24-13)27(22,23)16-6-11(9-26-16)17-19-10(2)25-20-17/h4-7,9,13H,3,8H2,1-2H3/t13-/m1/s1. The van der Waals surface area contributed by atoms with Crippen LogP contribution in [0.4, 0.5) is 5.69 Å². The van der Waals surface area contributed by atoms with Crippen LogP contribution in [0.15, 0.2) is 38.4 Å². The SMILES string of the molecule is CC[C@@H]1CN(S(=O)(=O)c2cc(-c3noc(C)n3)cs2)c2cc(Cl)ccc2O1. The Morgan fingerprint density at radius 1 is 1.37 bits per heavy atom. The normalized spacial score (nSPS) is 16.9. The van der Waals surface area contributed by atoms with E-state index in [2.05, 4.69) is 10.1 Å². The third-order valence-corrected chi connectivity index (χ3v) is 7.64. The van der Waals surface area contributed by atoms with Crippen LogP contribution in [-0.4, -0.2) is 31.2 Å². The zero-order chi connectivity index (χ0) is 19.2. The molecule has 0 aliphatic carbocycles. The molecule has 3 heterocycles. The second-order valence-electron chi connectivity index (χ2n) is 6.09. The molecule has 27 heavy (non-hydrogen) atoms. The smallest absolute Gasteiger partial charge is 0.274 e. The van der Waals surface area contributed by atoms with Gasteiger partial charge in [0.25, 0.3) is 10.0 Å². The van der Waals surface area contributed by atoms with Crippen LogP contribution in [0.3, 0.4) is 0 Å². The Labute approximate surface area is 165 Å². The molecule has 3 aromatic rings. The van der Waals surface area contributed by atoms with Crippen molar-refractivity contribution in [1.82, 2.24) is 10.1 Å². The minimum atomic E-state index is -3.79. The number of nitrogens with zero attached hydrogens (tertiary/aromatic N) is 3. The molecule has 1 atom stereocenters. The first-order chi connectivity index (χ1) is 12.9. The predicted octanol–water partition coefficient (Wildman–Crippen LogP) is 4.13. The molecule has 0 amide bonds. The van der Waals surface area contributed by atoms with E-state index in [1.165, 1.54) is 4.31 Å². The largest absolute Gasteiger partial charge is 0.486 e. The van der Waals surface area contributed by atoms with Gasteiger partial charge in [-0.3, -0.25) is 4.31 Å². The number of aromatic nitrogens is 2. The summed E-state index contributed by atoms with van der Waals surface area (Å²) < 4.78 is 39.1. The molecule has 4 rings (SSSR count).